The van der Waals surface area contributed by atoms with E-state index in [1.54, 1.807) is 24.0 Å². The molecule has 0 unspecified atom stereocenters. The number of likely N-dealkylation sites (tertiary alicyclic amines) is 1. The topological polar surface area (TPSA) is 62.3 Å². The van der Waals surface area contributed by atoms with Gasteiger partial charge < -0.3 is 10.2 Å². The van der Waals surface area contributed by atoms with E-state index in [4.69, 9.17) is 0 Å². The summed E-state index contributed by atoms with van der Waals surface area (Å²) in [7, 11) is 0. The third-order valence-electron chi connectivity index (χ3n) is 5.59. The van der Waals surface area contributed by atoms with Crippen molar-refractivity contribution in [1.29, 1.82) is 0 Å². The molecule has 1 aliphatic heterocycles. The predicted octanol–water partition coefficient (Wildman–Crippen LogP) is 5.93. The fraction of sp³-hybridized carbons (Fsp3) is 0.292. The molecule has 1 fully saturated rings. The van der Waals surface area contributed by atoms with Crippen LogP contribution in [0.4, 0.5) is 18.9 Å². The molecule has 2 heterocycles. The minimum absolute atomic E-state index is 0.104. The molecule has 0 saturated carbocycles. The van der Waals surface area contributed by atoms with E-state index in [1.807, 2.05) is 13.0 Å². The highest BCUT2D eigenvalue weighted by Gasteiger charge is 2.30. The van der Waals surface area contributed by atoms with E-state index in [2.05, 4.69) is 10.3 Å². The minimum atomic E-state index is -4.42. The van der Waals surface area contributed by atoms with Crippen LogP contribution in [0.1, 0.15) is 49.7 Å². The minimum Gasteiger partial charge on any atom is -0.339 e. The molecule has 2 amide bonds. The first kappa shape index (κ1) is 23.0. The van der Waals surface area contributed by atoms with Gasteiger partial charge in [0.1, 0.15) is 9.88 Å². The van der Waals surface area contributed by atoms with Crippen LogP contribution >= 0.6 is 11.3 Å². The molecule has 5 nitrogen and oxygen atoms in total. The van der Waals surface area contributed by atoms with Gasteiger partial charge in [-0.1, -0.05) is 24.3 Å². The molecule has 0 aliphatic carbocycles. The van der Waals surface area contributed by atoms with Crippen LogP contribution in [0.25, 0.3) is 10.6 Å². The number of alkyl halides is 3. The second-order valence-corrected chi connectivity index (χ2v) is 8.96. The molecule has 0 bridgehead atoms. The third kappa shape index (κ3) is 4.78. The Morgan fingerprint density at radius 1 is 1.03 bits per heavy atom. The number of nitrogens with one attached hydrogen (secondary N) is 1. The van der Waals surface area contributed by atoms with Crippen LogP contribution in [-0.4, -0.2) is 34.8 Å². The lowest BCUT2D eigenvalue weighted by molar-refractivity contribution is -0.137. The molecule has 4 rings (SSSR count). The van der Waals surface area contributed by atoms with Crippen molar-refractivity contribution in [3.05, 3.63) is 69.7 Å². The summed E-state index contributed by atoms with van der Waals surface area (Å²) in [6.45, 7) is 4.90. The first-order chi connectivity index (χ1) is 15.6. The van der Waals surface area contributed by atoms with Crippen molar-refractivity contribution in [2.75, 3.05) is 18.4 Å². The Hall–Kier alpha value is -3.20. The fourth-order valence-corrected chi connectivity index (χ4v) is 4.81. The molecule has 9 heteroatoms. The van der Waals surface area contributed by atoms with E-state index in [1.165, 1.54) is 12.1 Å². The Morgan fingerprint density at radius 3 is 2.33 bits per heavy atom. The first-order valence-electron chi connectivity index (χ1n) is 10.5. The molecule has 1 saturated heterocycles. The number of halogens is 3. The third-order valence-corrected chi connectivity index (χ3v) is 6.80. The van der Waals surface area contributed by atoms with Gasteiger partial charge in [0.2, 0.25) is 0 Å². The largest absolute Gasteiger partial charge is 0.416 e. The fourth-order valence-electron chi connectivity index (χ4n) is 3.85. The van der Waals surface area contributed by atoms with Crippen molar-refractivity contribution < 1.29 is 22.8 Å². The van der Waals surface area contributed by atoms with Crippen molar-refractivity contribution in [3.63, 3.8) is 0 Å². The van der Waals surface area contributed by atoms with Gasteiger partial charge in [-0.05, 0) is 50.5 Å². The lowest BCUT2D eigenvalue weighted by Gasteiger charge is -2.19. The number of hydrogen-bond acceptors (Lipinski definition) is 4. The van der Waals surface area contributed by atoms with Crippen LogP contribution < -0.4 is 5.32 Å². The van der Waals surface area contributed by atoms with E-state index in [0.717, 1.165) is 41.9 Å². The number of carbonyl (C=O) groups is 2. The van der Waals surface area contributed by atoms with Crippen molar-refractivity contribution in [2.24, 2.45) is 0 Å². The number of aryl methyl sites for hydroxylation is 2. The molecule has 33 heavy (non-hydrogen) atoms. The molecule has 0 atom stereocenters. The Labute approximate surface area is 193 Å². The van der Waals surface area contributed by atoms with E-state index in [0.29, 0.717) is 45.5 Å². The van der Waals surface area contributed by atoms with Crippen LogP contribution in [0.3, 0.4) is 0 Å². The summed E-state index contributed by atoms with van der Waals surface area (Å²) in [5.41, 5.74) is 1.89. The van der Waals surface area contributed by atoms with Crippen LogP contribution in [-0.2, 0) is 6.18 Å². The SMILES string of the molecule is Cc1cccc(NC(=O)c2sc(-c3ccc(C(F)(F)F)cc3)nc2C)c1C(=O)N1CCCC1. The maximum absolute atomic E-state index is 13.1. The zero-order chi connectivity index (χ0) is 23.8. The Morgan fingerprint density at radius 2 is 1.70 bits per heavy atom. The molecular weight excluding hydrogens is 451 g/mol. The smallest absolute Gasteiger partial charge is 0.339 e. The number of thiazole rings is 1. The highest BCUT2D eigenvalue weighted by atomic mass is 32.1. The van der Waals surface area contributed by atoms with E-state index < -0.39 is 17.6 Å². The zero-order valence-corrected chi connectivity index (χ0v) is 18.9. The normalized spacial score (nSPS) is 13.9. The Bertz CT molecular complexity index is 1200. The standard InChI is InChI=1S/C24H22F3N3O2S/c1-14-6-5-7-18(19(14)23(32)30-12-3-4-13-30)29-21(31)20-15(2)28-22(33-20)16-8-10-17(11-9-16)24(25,26)27/h5-11H,3-4,12-13H2,1-2H3,(H,29,31). The van der Waals surface area contributed by atoms with Gasteiger partial charge in [0.25, 0.3) is 11.8 Å². The quantitative estimate of drug-likeness (QED) is 0.511. The second-order valence-electron chi connectivity index (χ2n) is 7.96. The van der Waals surface area contributed by atoms with Crippen LogP contribution in [0.5, 0.6) is 0 Å². The number of rotatable bonds is 4. The average molecular weight is 474 g/mol. The van der Waals surface area contributed by atoms with Crippen LogP contribution in [0.15, 0.2) is 42.5 Å². The molecule has 172 valence electrons. The Kier molecular flexibility index (Phi) is 6.25. The van der Waals surface area contributed by atoms with E-state index in [-0.39, 0.29) is 5.91 Å². The number of hydrogen-bond donors (Lipinski definition) is 1. The summed E-state index contributed by atoms with van der Waals surface area (Å²) in [5.74, 6) is -0.517. The first-order valence-corrected chi connectivity index (χ1v) is 11.3. The number of nitrogens with zero attached hydrogens (tertiary/aromatic N) is 2. The zero-order valence-electron chi connectivity index (χ0n) is 18.1. The average Bonchev–Trinajstić information content (AvgIpc) is 3.43. The summed E-state index contributed by atoms with van der Waals surface area (Å²) < 4.78 is 38.5. The lowest BCUT2D eigenvalue weighted by Crippen LogP contribution is -2.29. The summed E-state index contributed by atoms with van der Waals surface area (Å²) in [4.78, 5) is 32.6. The molecular formula is C24H22F3N3O2S. The number of carbonyl (C=O) groups excluding carboxylic acids is 2. The molecule has 3 aromatic rings. The van der Waals surface area contributed by atoms with Gasteiger partial charge in [-0.15, -0.1) is 11.3 Å². The maximum atomic E-state index is 13.1. The highest BCUT2D eigenvalue weighted by Crippen LogP contribution is 2.33. The van der Waals surface area contributed by atoms with Gasteiger partial charge >= 0.3 is 6.18 Å². The summed E-state index contributed by atoms with van der Waals surface area (Å²) in [6, 6.07) is 9.98. The molecule has 0 radical (unpaired) electrons. The highest BCUT2D eigenvalue weighted by molar-refractivity contribution is 7.17. The maximum Gasteiger partial charge on any atom is 0.416 e. The van der Waals surface area contributed by atoms with Crippen molar-refractivity contribution >= 4 is 28.8 Å². The van der Waals surface area contributed by atoms with Gasteiger partial charge in [0.15, 0.2) is 0 Å². The number of anilines is 1. The number of amides is 2. The molecule has 1 N–H and O–H groups in total. The van der Waals surface area contributed by atoms with Gasteiger partial charge in [-0.3, -0.25) is 9.59 Å². The second kappa shape index (κ2) is 8.97. The van der Waals surface area contributed by atoms with Crippen molar-refractivity contribution in [3.8, 4) is 10.6 Å². The molecule has 1 aliphatic rings. The molecule has 1 aromatic heterocycles. The number of aromatic nitrogens is 1. The van der Waals surface area contributed by atoms with Gasteiger partial charge in [-0.2, -0.15) is 13.2 Å². The van der Waals surface area contributed by atoms with E-state index in [9.17, 15) is 22.8 Å². The molecule has 2 aromatic carbocycles. The van der Waals surface area contributed by atoms with Crippen LogP contribution in [0, 0.1) is 13.8 Å². The van der Waals surface area contributed by atoms with Gasteiger partial charge in [0.05, 0.1) is 22.5 Å². The summed E-state index contributed by atoms with van der Waals surface area (Å²) >= 11 is 1.10. The number of benzene rings is 2. The lowest BCUT2D eigenvalue weighted by atomic mass is 10.0. The van der Waals surface area contributed by atoms with Gasteiger partial charge in [0, 0.05) is 18.7 Å². The van der Waals surface area contributed by atoms with Gasteiger partial charge in [-0.25, -0.2) is 4.98 Å². The van der Waals surface area contributed by atoms with Crippen molar-refractivity contribution in [1.82, 2.24) is 9.88 Å². The van der Waals surface area contributed by atoms with E-state index >= 15 is 0 Å². The Balaban J connectivity index is 1.59. The molecule has 0 spiro atoms. The van der Waals surface area contributed by atoms with Crippen LogP contribution in [0.2, 0.25) is 0 Å². The summed E-state index contributed by atoms with van der Waals surface area (Å²) in [6.07, 6.45) is -2.49. The monoisotopic (exact) mass is 473 g/mol. The predicted molar refractivity (Wildman–Crippen MR) is 122 cm³/mol. The van der Waals surface area contributed by atoms with Crippen molar-refractivity contribution in [2.45, 2.75) is 32.9 Å². The summed E-state index contributed by atoms with van der Waals surface area (Å²) in [5, 5.41) is 3.29.